The average Bonchev–Trinajstić information content (AvgIpc) is 2.74. The van der Waals surface area contributed by atoms with E-state index in [0.29, 0.717) is 12.5 Å². The second-order valence-corrected chi connectivity index (χ2v) is 3.03. The maximum absolute atomic E-state index is 3.94. The van der Waals surface area contributed by atoms with Gasteiger partial charge in [-0.15, -0.1) is 16.4 Å². The van der Waals surface area contributed by atoms with Crippen LogP contribution in [0.25, 0.3) is 0 Å². The van der Waals surface area contributed by atoms with E-state index in [0.717, 1.165) is 4.88 Å². The molecule has 7 heteroatoms. The molecule has 2 heterocycles. The smallest absolute Gasteiger partial charge is 0.263 e. The van der Waals surface area contributed by atoms with Crippen LogP contribution in [-0.2, 0) is 6.54 Å². The van der Waals surface area contributed by atoms with Gasteiger partial charge in [0, 0.05) is 11.1 Å². The predicted octanol–water partition coefficient (Wildman–Crippen LogP) is 0.268. The molecule has 0 aliphatic carbocycles. The number of tetrazole rings is 1. The Morgan fingerprint density at radius 1 is 1.58 bits per heavy atom. The Balaban J connectivity index is 1.91. The molecule has 0 aliphatic rings. The highest BCUT2D eigenvalue weighted by Crippen LogP contribution is 2.06. The molecule has 0 atom stereocenters. The van der Waals surface area contributed by atoms with Crippen LogP contribution in [0.1, 0.15) is 4.88 Å². The topological polar surface area (TPSA) is 79.4 Å². The number of nitrogens with one attached hydrogen (secondary N) is 2. The van der Waals surface area contributed by atoms with Crippen LogP contribution >= 0.6 is 11.3 Å². The Kier molecular flexibility index (Phi) is 1.95. The van der Waals surface area contributed by atoms with Gasteiger partial charge in [0.25, 0.3) is 5.95 Å². The van der Waals surface area contributed by atoms with Crippen LogP contribution in [0.5, 0.6) is 0 Å². The SMILES string of the molecule is c1ncc(CNc2nn[nH]n2)s1. The lowest BCUT2D eigenvalue weighted by Crippen LogP contribution is -1.98. The van der Waals surface area contributed by atoms with Crippen LogP contribution in [0, 0.1) is 0 Å². The van der Waals surface area contributed by atoms with Crippen molar-refractivity contribution in [3.63, 3.8) is 0 Å². The molecular weight excluding hydrogens is 176 g/mol. The minimum Gasteiger partial charge on any atom is -0.347 e. The molecule has 0 aliphatic heterocycles. The number of aromatic nitrogens is 5. The largest absolute Gasteiger partial charge is 0.347 e. The minimum atomic E-state index is 0.503. The molecular formula is C5H6N6S. The van der Waals surface area contributed by atoms with E-state index in [1.54, 1.807) is 23.0 Å². The third-order valence-corrected chi connectivity index (χ3v) is 2.03. The van der Waals surface area contributed by atoms with Gasteiger partial charge in [-0.25, -0.2) is 0 Å². The second-order valence-electron chi connectivity index (χ2n) is 2.06. The molecule has 0 spiro atoms. The summed E-state index contributed by atoms with van der Waals surface area (Å²) in [5.41, 5.74) is 1.78. The summed E-state index contributed by atoms with van der Waals surface area (Å²) in [6.07, 6.45) is 1.80. The fraction of sp³-hybridized carbons (Fsp3) is 0.200. The highest BCUT2D eigenvalue weighted by atomic mass is 32.1. The van der Waals surface area contributed by atoms with E-state index in [1.165, 1.54) is 0 Å². The molecule has 0 bridgehead atoms. The first-order chi connectivity index (χ1) is 5.95. The summed E-state index contributed by atoms with van der Waals surface area (Å²) in [7, 11) is 0. The van der Waals surface area contributed by atoms with Crippen LogP contribution in [0.4, 0.5) is 5.95 Å². The number of nitrogens with zero attached hydrogens (tertiary/aromatic N) is 4. The highest BCUT2D eigenvalue weighted by molar-refractivity contribution is 7.09. The summed E-state index contributed by atoms with van der Waals surface area (Å²) in [5.74, 6) is 0.503. The first kappa shape index (κ1) is 7.17. The van der Waals surface area contributed by atoms with Crippen molar-refractivity contribution in [2.24, 2.45) is 0 Å². The molecule has 6 nitrogen and oxygen atoms in total. The van der Waals surface area contributed by atoms with Crippen molar-refractivity contribution in [3.8, 4) is 0 Å². The number of H-pyrrole nitrogens is 1. The monoisotopic (exact) mass is 182 g/mol. The lowest BCUT2D eigenvalue weighted by Gasteiger charge is -1.94. The number of anilines is 1. The average molecular weight is 182 g/mol. The van der Waals surface area contributed by atoms with E-state index in [-0.39, 0.29) is 0 Å². The van der Waals surface area contributed by atoms with Crippen molar-refractivity contribution in [1.29, 1.82) is 0 Å². The summed E-state index contributed by atoms with van der Waals surface area (Å²) in [4.78, 5) is 5.08. The van der Waals surface area contributed by atoms with Crippen molar-refractivity contribution < 1.29 is 0 Å². The van der Waals surface area contributed by atoms with Crippen LogP contribution in [0.15, 0.2) is 11.7 Å². The maximum atomic E-state index is 3.94. The van der Waals surface area contributed by atoms with E-state index in [4.69, 9.17) is 0 Å². The molecule has 0 amide bonds. The zero-order chi connectivity index (χ0) is 8.23. The van der Waals surface area contributed by atoms with Gasteiger partial charge in [0.15, 0.2) is 0 Å². The molecule has 0 unspecified atom stereocenters. The minimum absolute atomic E-state index is 0.503. The number of aromatic amines is 1. The van der Waals surface area contributed by atoms with Crippen molar-refractivity contribution in [2.75, 3.05) is 5.32 Å². The molecule has 0 saturated carbocycles. The maximum Gasteiger partial charge on any atom is 0.263 e. The Morgan fingerprint density at radius 3 is 3.25 bits per heavy atom. The first-order valence-electron chi connectivity index (χ1n) is 3.30. The highest BCUT2D eigenvalue weighted by Gasteiger charge is 1.97. The van der Waals surface area contributed by atoms with Crippen LogP contribution < -0.4 is 5.32 Å². The zero-order valence-corrected chi connectivity index (χ0v) is 6.88. The molecule has 2 aromatic heterocycles. The lowest BCUT2D eigenvalue weighted by molar-refractivity contribution is 0.881. The van der Waals surface area contributed by atoms with E-state index in [1.807, 2.05) is 0 Å². The summed E-state index contributed by atoms with van der Waals surface area (Å²) in [6.45, 7) is 0.685. The summed E-state index contributed by atoms with van der Waals surface area (Å²) in [5, 5.41) is 16.2. The quantitative estimate of drug-likeness (QED) is 0.712. The van der Waals surface area contributed by atoms with Gasteiger partial charge < -0.3 is 5.32 Å². The van der Waals surface area contributed by atoms with Gasteiger partial charge in [-0.3, -0.25) is 4.98 Å². The van der Waals surface area contributed by atoms with Gasteiger partial charge in [-0.2, -0.15) is 5.21 Å². The van der Waals surface area contributed by atoms with Gasteiger partial charge in [0.05, 0.1) is 12.1 Å². The molecule has 2 N–H and O–H groups in total. The number of thiazole rings is 1. The summed E-state index contributed by atoms with van der Waals surface area (Å²) in [6, 6.07) is 0. The lowest BCUT2D eigenvalue weighted by atomic mass is 10.5. The van der Waals surface area contributed by atoms with Crippen molar-refractivity contribution >= 4 is 17.3 Å². The van der Waals surface area contributed by atoms with Crippen molar-refractivity contribution in [2.45, 2.75) is 6.54 Å². The molecule has 2 aromatic rings. The van der Waals surface area contributed by atoms with Gasteiger partial charge in [-0.1, -0.05) is 5.10 Å². The van der Waals surface area contributed by atoms with Gasteiger partial charge in [-0.05, 0) is 5.21 Å². The summed E-state index contributed by atoms with van der Waals surface area (Å²) < 4.78 is 0. The molecule has 62 valence electrons. The normalized spacial score (nSPS) is 10.0. The molecule has 0 radical (unpaired) electrons. The third kappa shape index (κ3) is 1.56. The fourth-order valence-corrected chi connectivity index (χ4v) is 1.27. The van der Waals surface area contributed by atoms with Gasteiger partial charge >= 0.3 is 0 Å². The Bertz CT molecular complexity index is 279. The molecule has 12 heavy (non-hydrogen) atoms. The number of rotatable bonds is 3. The Morgan fingerprint density at radius 2 is 2.58 bits per heavy atom. The molecule has 0 fully saturated rings. The molecule has 0 aromatic carbocycles. The molecule has 0 saturated heterocycles. The first-order valence-corrected chi connectivity index (χ1v) is 4.18. The van der Waals surface area contributed by atoms with Gasteiger partial charge in [0.1, 0.15) is 0 Å². The summed E-state index contributed by atoms with van der Waals surface area (Å²) >= 11 is 1.58. The fourth-order valence-electron chi connectivity index (χ4n) is 0.732. The van der Waals surface area contributed by atoms with Crippen LogP contribution in [0.2, 0.25) is 0 Å². The second kappa shape index (κ2) is 3.26. The van der Waals surface area contributed by atoms with E-state index >= 15 is 0 Å². The van der Waals surface area contributed by atoms with Crippen LogP contribution in [0.3, 0.4) is 0 Å². The predicted molar refractivity (Wildman–Crippen MR) is 43.6 cm³/mol. The van der Waals surface area contributed by atoms with Crippen molar-refractivity contribution in [1.82, 2.24) is 25.6 Å². The van der Waals surface area contributed by atoms with E-state index in [2.05, 4.69) is 30.9 Å². The number of hydrogen-bond acceptors (Lipinski definition) is 6. The Hall–Kier alpha value is -1.50. The van der Waals surface area contributed by atoms with E-state index in [9.17, 15) is 0 Å². The standard InChI is InChI=1S/C5H6N6S/c1-4(12-3-6-1)2-7-5-8-10-11-9-5/h1,3H,2H2,(H2,7,8,9,10,11). The third-order valence-electron chi connectivity index (χ3n) is 1.25. The Labute approximate surface area is 72.0 Å². The molecule has 2 rings (SSSR count). The van der Waals surface area contributed by atoms with Gasteiger partial charge in [0.2, 0.25) is 0 Å². The number of hydrogen-bond donors (Lipinski definition) is 2. The van der Waals surface area contributed by atoms with E-state index < -0.39 is 0 Å². The van der Waals surface area contributed by atoms with Crippen LogP contribution in [-0.4, -0.2) is 25.6 Å². The zero-order valence-electron chi connectivity index (χ0n) is 6.06. The van der Waals surface area contributed by atoms with Crippen molar-refractivity contribution in [3.05, 3.63) is 16.6 Å².